The molecule has 2 aliphatic heterocycles. The number of rotatable bonds is 8. The van der Waals surface area contributed by atoms with Crippen molar-refractivity contribution in [1.82, 2.24) is 19.6 Å². The van der Waals surface area contributed by atoms with Gasteiger partial charge in [-0.15, -0.1) is 0 Å². The normalized spacial score (nSPS) is 17.5. The molecule has 1 N–H and O–H groups in total. The molecule has 2 aliphatic rings. The fraction of sp³-hybridized carbons (Fsp3) is 0.414. The van der Waals surface area contributed by atoms with Gasteiger partial charge in [0, 0.05) is 37.1 Å². The van der Waals surface area contributed by atoms with Crippen molar-refractivity contribution in [3.05, 3.63) is 71.7 Å². The van der Waals surface area contributed by atoms with Gasteiger partial charge in [0.1, 0.15) is 23.7 Å². The van der Waals surface area contributed by atoms with Crippen molar-refractivity contribution in [3.8, 4) is 23.1 Å². The van der Waals surface area contributed by atoms with Gasteiger partial charge in [-0.2, -0.15) is 5.26 Å². The van der Waals surface area contributed by atoms with Crippen molar-refractivity contribution in [2.45, 2.75) is 49.1 Å². The first-order valence-electron chi connectivity index (χ1n) is 13.3. The zero-order valence-corrected chi connectivity index (χ0v) is 22.9. The molecule has 204 valence electrons. The van der Waals surface area contributed by atoms with Crippen LogP contribution >= 0.6 is 0 Å². The van der Waals surface area contributed by atoms with E-state index in [1.54, 1.807) is 36.5 Å². The van der Waals surface area contributed by atoms with Gasteiger partial charge in [-0.25, -0.2) is 23.1 Å². The van der Waals surface area contributed by atoms with Crippen molar-refractivity contribution >= 4 is 10.0 Å². The van der Waals surface area contributed by atoms with E-state index in [9.17, 15) is 13.7 Å². The number of nitrogens with one attached hydrogen (secondary N) is 1. The average molecular weight is 548 g/mol. The van der Waals surface area contributed by atoms with Gasteiger partial charge >= 0.3 is 0 Å². The standard InChI is InChI=1S/C29H33N5O4S/c1-34-14-9-24(10-15-34)33-39(35,36)26-5-2-21(3-6-26)18-29-31-13-8-27(32-29)22-4-7-28(23(19-22)20-30)38-25-11-16-37-17-12-25/h2-8,13,19,24-25,33H,9-12,14-18H2,1H3. The van der Waals surface area contributed by atoms with Gasteiger partial charge < -0.3 is 14.4 Å². The summed E-state index contributed by atoms with van der Waals surface area (Å²) in [6, 6.07) is 16.4. The molecule has 39 heavy (non-hydrogen) atoms. The van der Waals surface area contributed by atoms with E-state index in [4.69, 9.17) is 14.5 Å². The van der Waals surface area contributed by atoms with Gasteiger partial charge in [0.25, 0.3) is 0 Å². The third-order valence-corrected chi connectivity index (χ3v) is 8.74. The molecule has 0 amide bonds. The van der Waals surface area contributed by atoms with Crippen LogP contribution in [0.25, 0.3) is 11.3 Å². The smallest absolute Gasteiger partial charge is 0.240 e. The van der Waals surface area contributed by atoms with Gasteiger partial charge in [-0.3, -0.25) is 0 Å². The summed E-state index contributed by atoms with van der Waals surface area (Å²) in [6.45, 7) is 3.11. The van der Waals surface area contributed by atoms with E-state index in [1.165, 1.54) is 0 Å². The molecule has 2 fully saturated rings. The Hall–Kier alpha value is -3.36. The molecule has 10 heteroatoms. The van der Waals surface area contributed by atoms with E-state index in [1.807, 2.05) is 25.2 Å². The predicted molar refractivity (Wildman–Crippen MR) is 147 cm³/mol. The summed E-state index contributed by atoms with van der Waals surface area (Å²) in [5, 5.41) is 9.71. The minimum absolute atomic E-state index is 0.0361. The summed E-state index contributed by atoms with van der Waals surface area (Å²) >= 11 is 0. The first kappa shape index (κ1) is 27.2. The molecule has 0 saturated carbocycles. The van der Waals surface area contributed by atoms with Gasteiger partial charge in [0.15, 0.2) is 0 Å². The van der Waals surface area contributed by atoms with Crippen molar-refractivity contribution in [2.75, 3.05) is 33.4 Å². The Morgan fingerprint density at radius 2 is 1.82 bits per heavy atom. The van der Waals surface area contributed by atoms with Gasteiger partial charge in [-0.1, -0.05) is 12.1 Å². The molecular weight excluding hydrogens is 514 g/mol. The number of sulfonamides is 1. The molecule has 2 saturated heterocycles. The third-order valence-electron chi connectivity index (χ3n) is 7.20. The number of aromatic nitrogens is 2. The molecule has 2 aromatic carbocycles. The Morgan fingerprint density at radius 3 is 2.54 bits per heavy atom. The van der Waals surface area contributed by atoms with Crippen LogP contribution in [0.4, 0.5) is 0 Å². The van der Waals surface area contributed by atoms with Crippen LogP contribution in [-0.4, -0.2) is 68.8 Å². The monoisotopic (exact) mass is 547 g/mol. The lowest BCUT2D eigenvalue weighted by molar-refractivity contribution is 0.0254. The Kier molecular flexibility index (Phi) is 8.53. The van der Waals surface area contributed by atoms with Gasteiger partial charge in [0.2, 0.25) is 10.0 Å². The summed E-state index contributed by atoms with van der Waals surface area (Å²) in [5.41, 5.74) is 2.87. The summed E-state index contributed by atoms with van der Waals surface area (Å²) in [6.07, 6.45) is 5.43. The number of hydrogen-bond acceptors (Lipinski definition) is 8. The van der Waals surface area contributed by atoms with Crippen LogP contribution in [0.3, 0.4) is 0 Å². The Labute approximate surface area is 229 Å². The lowest BCUT2D eigenvalue weighted by Gasteiger charge is -2.29. The molecular formula is C29H33N5O4S. The Bertz CT molecular complexity index is 1420. The number of hydrogen-bond donors (Lipinski definition) is 1. The molecule has 3 heterocycles. The maximum Gasteiger partial charge on any atom is 0.240 e. The van der Waals surface area contributed by atoms with Gasteiger partial charge in [-0.05, 0) is 74.9 Å². The highest BCUT2D eigenvalue weighted by atomic mass is 32.2. The van der Waals surface area contributed by atoms with Crippen LogP contribution in [0, 0.1) is 11.3 Å². The summed E-state index contributed by atoms with van der Waals surface area (Å²) in [7, 11) is -1.52. The number of likely N-dealkylation sites (tertiary alicyclic amines) is 1. The van der Waals surface area contributed by atoms with E-state index in [0.717, 1.165) is 49.9 Å². The molecule has 3 aromatic rings. The average Bonchev–Trinajstić information content (AvgIpc) is 2.95. The summed E-state index contributed by atoms with van der Waals surface area (Å²) < 4.78 is 40.0. The number of benzene rings is 2. The molecule has 0 spiro atoms. The molecule has 0 unspecified atom stereocenters. The van der Waals surface area contributed by atoms with Crippen molar-refractivity contribution in [3.63, 3.8) is 0 Å². The van der Waals surface area contributed by atoms with Crippen molar-refractivity contribution < 1.29 is 17.9 Å². The van der Waals surface area contributed by atoms with E-state index < -0.39 is 10.0 Å². The van der Waals surface area contributed by atoms with Crippen LogP contribution in [0.2, 0.25) is 0 Å². The third kappa shape index (κ3) is 6.99. The first-order valence-corrected chi connectivity index (χ1v) is 14.8. The van der Waals surface area contributed by atoms with E-state index >= 15 is 0 Å². The minimum Gasteiger partial charge on any atom is -0.489 e. The van der Waals surface area contributed by atoms with E-state index in [2.05, 4.69) is 20.7 Å². The minimum atomic E-state index is -3.57. The SMILES string of the molecule is CN1CCC(NS(=O)(=O)c2ccc(Cc3nccc(-c4ccc(OC5CCOCC5)c(C#N)c4)n3)cc2)CC1. The van der Waals surface area contributed by atoms with Crippen molar-refractivity contribution in [1.29, 1.82) is 5.26 Å². The second-order valence-corrected chi connectivity index (χ2v) is 11.8. The molecule has 1 aromatic heterocycles. The highest BCUT2D eigenvalue weighted by Crippen LogP contribution is 2.28. The highest BCUT2D eigenvalue weighted by Gasteiger charge is 2.23. The highest BCUT2D eigenvalue weighted by molar-refractivity contribution is 7.89. The Balaban J connectivity index is 1.25. The largest absolute Gasteiger partial charge is 0.489 e. The Morgan fingerprint density at radius 1 is 1.08 bits per heavy atom. The molecule has 0 radical (unpaired) electrons. The number of nitriles is 1. The molecule has 0 aliphatic carbocycles. The van der Waals surface area contributed by atoms with Crippen molar-refractivity contribution in [2.24, 2.45) is 0 Å². The maximum atomic E-state index is 12.9. The maximum absolute atomic E-state index is 12.9. The second kappa shape index (κ2) is 12.2. The number of ether oxygens (including phenoxy) is 2. The quantitative estimate of drug-likeness (QED) is 0.455. The lowest BCUT2D eigenvalue weighted by atomic mass is 10.1. The van der Waals surface area contributed by atoms with E-state index in [0.29, 0.717) is 42.5 Å². The zero-order chi connectivity index (χ0) is 27.2. The van der Waals surface area contributed by atoms with Crippen LogP contribution in [0.15, 0.2) is 59.6 Å². The summed E-state index contributed by atoms with van der Waals surface area (Å²) in [5.74, 6) is 1.18. The van der Waals surface area contributed by atoms with Crippen LogP contribution in [0.5, 0.6) is 5.75 Å². The predicted octanol–water partition coefficient (Wildman–Crippen LogP) is 3.54. The van der Waals surface area contributed by atoms with Crippen LogP contribution in [0.1, 0.15) is 42.6 Å². The second-order valence-electron chi connectivity index (χ2n) is 10.1. The zero-order valence-electron chi connectivity index (χ0n) is 22.0. The van der Waals surface area contributed by atoms with Gasteiger partial charge in [0.05, 0.1) is 29.4 Å². The molecule has 0 atom stereocenters. The van der Waals surface area contributed by atoms with E-state index in [-0.39, 0.29) is 17.0 Å². The number of nitrogens with zero attached hydrogens (tertiary/aromatic N) is 4. The fourth-order valence-electron chi connectivity index (χ4n) is 4.88. The molecule has 5 rings (SSSR count). The fourth-order valence-corrected chi connectivity index (χ4v) is 6.19. The molecule has 9 nitrogen and oxygen atoms in total. The summed E-state index contributed by atoms with van der Waals surface area (Å²) in [4.78, 5) is 11.6. The lowest BCUT2D eigenvalue weighted by Crippen LogP contribution is -2.43. The first-order chi connectivity index (χ1) is 18.9. The number of piperidine rings is 1. The van der Waals surface area contributed by atoms with Crippen LogP contribution < -0.4 is 9.46 Å². The van der Waals surface area contributed by atoms with Crippen LogP contribution in [-0.2, 0) is 21.2 Å². The molecule has 0 bridgehead atoms. The topological polar surface area (TPSA) is 117 Å².